The van der Waals surface area contributed by atoms with E-state index in [1.54, 1.807) is 13.0 Å². The monoisotopic (exact) mass is 383 g/mol. The topological polar surface area (TPSA) is 105 Å². The van der Waals surface area contributed by atoms with Gasteiger partial charge in [-0.25, -0.2) is 8.42 Å². The van der Waals surface area contributed by atoms with E-state index in [0.717, 1.165) is 10.7 Å². The highest BCUT2D eigenvalue weighted by molar-refractivity contribution is 7.89. The molecule has 0 unspecified atom stereocenters. The molecule has 0 fully saturated rings. The average Bonchev–Trinajstić information content (AvgIpc) is 2.53. The van der Waals surface area contributed by atoms with E-state index in [4.69, 9.17) is 4.74 Å². The molecule has 1 aliphatic rings. The van der Waals surface area contributed by atoms with E-state index in [-0.39, 0.29) is 29.9 Å². The van der Waals surface area contributed by atoms with Crippen molar-refractivity contribution in [3.63, 3.8) is 0 Å². The van der Waals surface area contributed by atoms with Gasteiger partial charge in [0.2, 0.25) is 15.9 Å². The van der Waals surface area contributed by atoms with E-state index < -0.39 is 15.6 Å². The Labute approximate surface area is 153 Å². The molecule has 0 atom stereocenters. The largest absolute Gasteiger partial charge is 0.482 e. The van der Waals surface area contributed by atoms with Crippen LogP contribution in [0.4, 0.5) is 5.69 Å². The number of hydrogen-bond acceptors (Lipinski definition) is 5. The molecule has 1 aromatic rings. The molecular formula is C17H25N3O5S. The standard InChI is InChI=1S/C17H25N3O5S/c1-6-17(3,4)19-15(21)9-20(5)26(23,24)14-8-13-12(7-11(14)2)18-16(22)10-25-13/h7-8H,6,9-10H2,1-5H3,(H,18,22)(H,19,21). The smallest absolute Gasteiger partial charge is 0.262 e. The molecule has 1 aliphatic heterocycles. The number of hydrogen-bond donors (Lipinski definition) is 2. The van der Waals surface area contributed by atoms with Gasteiger partial charge in [0.1, 0.15) is 5.75 Å². The Morgan fingerprint density at radius 3 is 2.65 bits per heavy atom. The summed E-state index contributed by atoms with van der Waals surface area (Å²) in [6, 6.07) is 2.93. The summed E-state index contributed by atoms with van der Waals surface area (Å²) in [5.41, 5.74) is 0.480. The number of sulfonamides is 1. The molecule has 1 aromatic carbocycles. The van der Waals surface area contributed by atoms with E-state index in [1.807, 2.05) is 20.8 Å². The lowest BCUT2D eigenvalue weighted by Gasteiger charge is -2.26. The molecule has 8 nitrogen and oxygen atoms in total. The Bertz CT molecular complexity index is 833. The minimum atomic E-state index is -3.89. The molecule has 9 heteroatoms. The maximum Gasteiger partial charge on any atom is 0.262 e. The molecule has 2 N–H and O–H groups in total. The van der Waals surface area contributed by atoms with Gasteiger partial charge in [0.25, 0.3) is 5.91 Å². The third-order valence-corrected chi connectivity index (χ3v) is 6.27. The molecule has 144 valence electrons. The SMILES string of the molecule is CCC(C)(C)NC(=O)CN(C)S(=O)(=O)c1cc2c(cc1C)NC(=O)CO2. The first-order chi connectivity index (χ1) is 12.0. The van der Waals surface area contributed by atoms with Gasteiger partial charge in [-0.05, 0) is 38.8 Å². The second-order valence-electron chi connectivity index (χ2n) is 7.00. The summed E-state index contributed by atoms with van der Waals surface area (Å²) in [4.78, 5) is 23.6. The number of benzene rings is 1. The second-order valence-corrected chi connectivity index (χ2v) is 9.01. The lowest BCUT2D eigenvalue weighted by molar-refractivity contribution is -0.122. The van der Waals surface area contributed by atoms with Gasteiger partial charge in [-0.15, -0.1) is 0 Å². The van der Waals surface area contributed by atoms with Crippen molar-refractivity contribution in [1.29, 1.82) is 0 Å². The highest BCUT2D eigenvalue weighted by atomic mass is 32.2. The predicted octanol–water partition coefficient (Wildman–Crippen LogP) is 1.25. The number of likely N-dealkylation sites (N-methyl/N-ethyl adjacent to an activating group) is 1. The van der Waals surface area contributed by atoms with E-state index in [0.29, 0.717) is 17.0 Å². The van der Waals surface area contributed by atoms with Crippen molar-refractivity contribution in [2.75, 3.05) is 25.5 Å². The Balaban J connectivity index is 2.24. The minimum Gasteiger partial charge on any atom is -0.482 e. The summed E-state index contributed by atoms with van der Waals surface area (Å²) in [5.74, 6) is -0.374. The maximum absolute atomic E-state index is 12.9. The van der Waals surface area contributed by atoms with Crippen LogP contribution in [0.3, 0.4) is 0 Å². The van der Waals surface area contributed by atoms with Crippen LogP contribution in [0.2, 0.25) is 0 Å². The van der Waals surface area contributed by atoms with Gasteiger partial charge in [0.15, 0.2) is 6.61 Å². The van der Waals surface area contributed by atoms with Gasteiger partial charge in [-0.2, -0.15) is 4.31 Å². The van der Waals surface area contributed by atoms with Crippen molar-refractivity contribution in [3.8, 4) is 5.75 Å². The fraction of sp³-hybridized carbons (Fsp3) is 0.529. The molecule has 0 bridgehead atoms. The van der Waals surface area contributed by atoms with E-state index in [9.17, 15) is 18.0 Å². The zero-order valence-corrected chi connectivity index (χ0v) is 16.5. The normalized spacial score (nSPS) is 14.5. The Hall–Kier alpha value is -2.13. The summed E-state index contributed by atoms with van der Waals surface area (Å²) < 4.78 is 32.1. The number of amides is 2. The van der Waals surface area contributed by atoms with Crippen molar-refractivity contribution in [3.05, 3.63) is 17.7 Å². The first-order valence-corrected chi connectivity index (χ1v) is 9.75. The number of carbonyl (C=O) groups is 2. The van der Waals surface area contributed by atoms with Crippen LogP contribution in [-0.4, -0.2) is 50.3 Å². The predicted molar refractivity (Wildman–Crippen MR) is 97.6 cm³/mol. The van der Waals surface area contributed by atoms with E-state index in [2.05, 4.69) is 10.6 Å². The van der Waals surface area contributed by atoms with E-state index in [1.165, 1.54) is 13.1 Å². The van der Waals surface area contributed by atoms with Crippen molar-refractivity contribution in [2.24, 2.45) is 0 Å². The van der Waals surface area contributed by atoms with Crippen molar-refractivity contribution in [1.82, 2.24) is 9.62 Å². The number of aryl methyl sites for hydroxylation is 1. The zero-order valence-electron chi connectivity index (χ0n) is 15.7. The molecule has 1 heterocycles. The number of ether oxygens (including phenoxy) is 1. The summed E-state index contributed by atoms with van der Waals surface area (Å²) in [6.07, 6.45) is 0.724. The number of nitrogens with one attached hydrogen (secondary N) is 2. The summed E-state index contributed by atoms with van der Waals surface area (Å²) in [5, 5.41) is 5.45. The number of fused-ring (bicyclic) bond motifs is 1. The Morgan fingerprint density at radius 2 is 2.04 bits per heavy atom. The zero-order chi connectivity index (χ0) is 19.7. The molecule has 0 saturated carbocycles. The second kappa shape index (κ2) is 7.24. The molecule has 2 amide bonds. The van der Waals surface area contributed by atoms with Crippen molar-refractivity contribution in [2.45, 2.75) is 44.6 Å². The van der Waals surface area contributed by atoms with Crippen LogP contribution in [0.5, 0.6) is 5.75 Å². The molecule has 0 radical (unpaired) electrons. The van der Waals surface area contributed by atoms with Gasteiger partial charge >= 0.3 is 0 Å². The number of anilines is 1. The van der Waals surface area contributed by atoms with Gasteiger partial charge in [-0.1, -0.05) is 6.92 Å². The molecule has 0 aliphatic carbocycles. The first-order valence-electron chi connectivity index (χ1n) is 8.31. The van der Waals surface area contributed by atoms with Crippen molar-refractivity contribution >= 4 is 27.5 Å². The van der Waals surface area contributed by atoms with Gasteiger partial charge in [0.05, 0.1) is 17.1 Å². The van der Waals surface area contributed by atoms with Gasteiger partial charge in [0, 0.05) is 18.7 Å². The lowest BCUT2D eigenvalue weighted by Crippen LogP contribution is -2.47. The highest BCUT2D eigenvalue weighted by Crippen LogP contribution is 2.33. The number of nitrogens with zero attached hydrogens (tertiary/aromatic N) is 1. The molecule has 0 saturated heterocycles. The van der Waals surface area contributed by atoms with Gasteiger partial charge in [-0.3, -0.25) is 9.59 Å². The van der Waals surface area contributed by atoms with Crippen LogP contribution in [0.1, 0.15) is 32.8 Å². The average molecular weight is 383 g/mol. The Kier molecular flexibility index (Phi) is 5.62. The van der Waals surface area contributed by atoms with Crippen LogP contribution in [0, 0.1) is 6.92 Å². The minimum absolute atomic E-state index is 0.0393. The molecule has 26 heavy (non-hydrogen) atoms. The Morgan fingerprint density at radius 1 is 1.38 bits per heavy atom. The fourth-order valence-corrected chi connectivity index (χ4v) is 3.80. The number of carbonyl (C=O) groups excluding carboxylic acids is 2. The van der Waals surface area contributed by atoms with Gasteiger partial charge < -0.3 is 15.4 Å². The first kappa shape index (κ1) is 20.2. The molecule has 0 aromatic heterocycles. The van der Waals surface area contributed by atoms with E-state index >= 15 is 0 Å². The number of rotatable bonds is 6. The third kappa shape index (κ3) is 4.34. The quantitative estimate of drug-likeness (QED) is 0.769. The third-order valence-electron chi connectivity index (χ3n) is 4.33. The van der Waals surface area contributed by atoms with Crippen LogP contribution >= 0.6 is 0 Å². The maximum atomic E-state index is 12.9. The van der Waals surface area contributed by atoms with Crippen LogP contribution in [0.25, 0.3) is 0 Å². The summed E-state index contributed by atoms with van der Waals surface area (Å²) in [6.45, 7) is 6.86. The lowest BCUT2D eigenvalue weighted by atomic mass is 10.0. The van der Waals surface area contributed by atoms with Crippen LogP contribution in [0.15, 0.2) is 17.0 Å². The molecular weight excluding hydrogens is 358 g/mol. The molecule has 2 rings (SSSR count). The molecule has 0 spiro atoms. The fourth-order valence-electron chi connectivity index (χ4n) is 2.45. The summed E-state index contributed by atoms with van der Waals surface area (Å²) >= 11 is 0. The van der Waals surface area contributed by atoms with Crippen LogP contribution in [-0.2, 0) is 19.6 Å². The highest BCUT2D eigenvalue weighted by Gasteiger charge is 2.29. The van der Waals surface area contributed by atoms with Crippen molar-refractivity contribution < 1.29 is 22.7 Å². The van der Waals surface area contributed by atoms with Crippen LogP contribution < -0.4 is 15.4 Å². The summed E-state index contributed by atoms with van der Waals surface area (Å²) in [7, 11) is -2.54.